The number of halogens is 1. The summed E-state index contributed by atoms with van der Waals surface area (Å²) in [6.07, 6.45) is 2.50. The van der Waals surface area contributed by atoms with Crippen molar-refractivity contribution in [1.82, 2.24) is 10.3 Å². The van der Waals surface area contributed by atoms with Crippen molar-refractivity contribution in [2.75, 3.05) is 6.54 Å². The molecule has 0 fully saturated rings. The van der Waals surface area contributed by atoms with Gasteiger partial charge in [-0.2, -0.15) is 0 Å². The van der Waals surface area contributed by atoms with Crippen LogP contribution in [0.5, 0.6) is 0 Å². The number of pyridine rings is 1. The van der Waals surface area contributed by atoms with E-state index >= 15 is 0 Å². The Kier molecular flexibility index (Phi) is 5.20. The lowest BCUT2D eigenvalue weighted by Gasteiger charge is -2.03. The Morgan fingerprint density at radius 1 is 1.09 bits per heavy atom. The molecule has 116 valence electrons. The third-order valence-electron chi connectivity index (χ3n) is 3.35. The average Bonchev–Trinajstić information content (AvgIpc) is 3.06. The average molecular weight is 387 g/mol. The molecule has 0 atom stereocenters. The Balaban J connectivity index is 1.59. The highest BCUT2D eigenvalue weighted by molar-refractivity contribution is 9.10. The second-order valence-electron chi connectivity index (χ2n) is 5.00. The normalized spacial score (nSPS) is 10.5. The maximum atomic E-state index is 12.2. The highest BCUT2D eigenvalue weighted by Crippen LogP contribution is 2.29. The summed E-state index contributed by atoms with van der Waals surface area (Å²) < 4.78 is 1.05. The molecule has 0 aliphatic carbocycles. The lowest BCUT2D eigenvalue weighted by molar-refractivity contribution is 0.0958. The number of carbonyl (C=O) groups is 1. The third-order valence-corrected chi connectivity index (χ3v) is 5.01. The summed E-state index contributed by atoms with van der Waals surface area (Å²) in [7, 11) is 0. The van der Waals surface area contributed by atoms with E-state index in [1.807, 2.05) is 54.6 Å². The fourth-order valence-electron chi connectivity index (χ4n) is 2.17. The summed E-state index contributed by atoms with van der Waals surface area (Å²) >= 11 is 4.93. The van der Waals surface area contributed by atoms with Crippen LogP contribution in [0.4, 0.5) is 0 Å². The molecule has 0 unspecified atom stereocenters. The summed E-state index contributed by atoms with van der Waals surface area (Å²) in [5.74, 6) is -0.0331. The quantitative estimate of drug-likeness (QED) is 0.698. The minimum Gasteiger partial charge on any atom is -0.351 e. The van der Waals surface area contributed by atoms with Crippen molar-refractivity contribution in [1.29, 1.82) is 0 Å². The van der Waals surface area contributed by atoms with Crippen molar-refractivity contribution in [2.24, 2.45) is 0 Å². The van der Waals surface area contributed by atoms with Crippen molar-refractivity contribution >= 4 is 33.2 Å². The van der Waals surface area contributed by atoms with Gasteiger partial charge in [-0.3, -0.25) is 9.78 Å². The van der Waals surface area contributed by atoms with Crippen LogP contribution in [0.1, 0.15) is 15.4 Å². The van der Waals surface area contributed by atoms with Gasteiger partial charge < -0.3 is 5.32 Å². The van der Waals surface area contributed by atoms with Crippen molar-refractivity contribution in [3.63, 3.8) is 0 Å². The van der Waals surface area contributed by atoms with E-state index in [1.165, 1.54) is 11.3 Å². The topological polar surface area (TPSA) is 42.0 Å². The van der Waals surface area contributed by atoms with Crippen molar-refractivity contribution in [3.8, 4) is 10.4 Å². The van der Waals surface area contributed by atoms with Crippen LogP contribution in [-0.4, -0.2) is 17.4 Å². The SMILES string of the molecule is O=C(NCCc1ccccn1)c1ccc(-c2ccc(Br)cc2)s1. The van der Waals surface area contributed by atoms with Crippen LogP contribution < -0.4 is 5.32 Å². The molecule has 23 heavy (non-hydrogen) atoms. The van der Waals surface area contributed by atoms with Gasteiger partial charge in [0.15, 0.2) is 0 Å². The Hall–Kier alpha value is -1.98. The second-order valence-corrected chi connectivity index (χ2v) is 7.00. The molecule has 1 amide bonds. The van der Waals surface area contributed by atoms with E-state index in [2.05, 4.69) is 26.2 Å². The van der Waals surface area contributed by atoms with Crippen LogP contribution in [-0.2, 0) is 6.42 Å². The van der Waals surface area contributed by atoms with E-state index in [0.717, 1.165) is 31.9 Å². The van der Waals surface area contributed by atoms with Gasteiger partial charge in [0, 0.05) is 34.2 Å². The number of hydrogen-bond donors (Lipinski definition) is 1. The lowest BCUT2D eigenvalue weighted by atomic mass is 10.2. The smallest absolute Gasteiger partial charge is 0.261 e. The molecule has 3 aromatic rings. The first kappa shape index (κ1) is 15.9. The number of aromatic nitrogens is 1. The molecule has 0 aliphatic rings. The van der Waals surface area contributed by atoms with Crippen LogP contribution in [0.15, 0.2) is 65.3 Å². The number of amides is 1. The minimum absolute atomic E-state index is 0.0331. The zero-order chi connectivity index (χ0) is 16.1. The highest BCUT2D eigenvalue weighted by Gasteiger charge is 2.10. The van der Waals surface area contributed by atoms with Gasteiger partial charge in [-0.15, -0.1) is 11.3 Å². The van der Waals surface area contributed by atoms with Crippen LogP contribution >= 0.6 is 27.3 Å². The zero-order valence-electron chi connectivity index (χ0n) is 12.3. The predicted molar refractivity (Wildman–Crippen MR) is 97.7 cm³/mol. The number of nitrogens with zero attached hydrogens (tertiary/aromatic N) is 1. The number of carbonyl (C=O) groups excluding carboxylic acids is 1. The Morgan fingerprint density at radius 2 is 1.91 bits per heavy atom. The molecule has 0 saturated carbocycles. The van der Waals surface area contributed by atoms with Crippen molar-refractivity contribution < 1.29 is 4.79 Å². The zero-order valence-corrected chi connectivity index (χ0v) is 14.7. The number of thiophene rings is 1. The van der Waals surface area contributed by atoms with Gasteiger partial charge in [0.25, 0.3) is 5.91 Å². The van der Waals surface area contributed by atoms with E-state index in [9.17, 15) is 4.79 Å². The van der Waals surface area contributed by atoms with Gasteiger partial charge in [-0.25, -0.2) is 0 Å². The molecule has 3 rings (SSSR count). The Labute approximate surface area is 147 Å². The summed E-state index contributed by atoms with van der Waals surface area (Å²) in [6.45, 7) is 0.585. The third kappa shape index (κ3) is 4.27. The first-order valence-corrected chi connectivity index (χ1v) is 8.87. The molecule has 1 aromatic carbocycles. The monoisotopic (exact) mass is 386 g/mol. The lowest BCUT2D eigenvalue weighted by Crippen LogP contribution is -2.25. The number of nitrogens with one attached hydrogen (secondary N) is 1. The molecule has 0 saturated heterocycles. The van der Waals surface area contributed by atoms with Crippen molar-refractivity contribution in [2.45, 2.75) is 6.42 Å². The summed E-state index contributed by atoms with van der Waals surface area (Å²) in [5.41, 5.74) is 2.10. The highest BCUT2D eigenvalue weighted by atomic mass is 79.9. The van der Waals surface area contributed by atoms with E-state index in [-0.39, 0.29) is 5.91 Å². The second kappa shape index (κ2) is 7.53. The molecule has 0 spiro atoms. The molecule has 5 heteroatoms. The molecule has 1 N–H and O–H groups in total. The minimum atomic E-state index is -0.0331. The maximum absolute atomic E-state index is 12.2. The maximum Gasteiger partial charge on any atom is 0.261 e. The van der Waals surface area contributed by atoms with Gasteiger partial charge >= 0.3 is 0 Å². The van der Waals surface area contributed by atoms with E-state index in [0.29, 0.717) is 6.54 Å². The first-order chi connectivity index (χ1) is 11.2. The van der Waals surface area contributed by atoms with E-state index in [4.69, 9.17) is 0 Å². The van der Waals surface area contributed by atoms with Gasteiger partial charge in [-0.05, 0) is 42.0 Å². The number of hydrogen-bond acceptors (Lipinski definition) is 3. The molecule has 3 nitrogen and oxygen atoms in total. The van der Waals surface area contributed by atoms with Gasteiger partial charge in [0.1, 0.15) is 0 Å². The fourth-order valence-corrected chi connectivity index (χ4v) is 3.36. The van der Waals surface area contributed by atoms with Crippen LogP contribution in [0.25, 0.3) is 10.4 Å². The molecular formula is C18H15BrN2OS. The summed E-state index contributed by atoms with van der Waals surface area (Å²) in [5, 5.41) is 2.95. The Bertz CT molecular complexity index is 784. The van der Waals surface area contributed by atoms with Crippen LogP contribution in [0, 0.1) is 0 Å². The fraction of sp³-hybridized carbons (Fsp3) is 0.111. The van der Waals surface area contributed by atoms with Crippen LogP contribution in [0.3, 0.4) is 0 Å². The van der Waals surface area contributed by atoms with Gasteiger partial charge in [0.05, 0.1) is 4.88 Å². The molecule has 2 aromatic heterocycles. The Morgan fingerprint density at radius 3 is 2.65 bits per heavy atom. The largest absolute Gasteiger partial charge is 0.351 e. The molecule has 0 radical (unpaired) electrons. The molecule has 0 aliphatic heterocycles. The van der Waals surface area contributed by atoms with Gasteiger partial charge in [0.2, 0.25) is 0 Å². The molecule has 0 bridgehead atoms. The molecule has 2 heterocycles. The number of benzene rings is 1. The van der Waals surface area contributed by atoms with E-state index in [1.54, 1.807) is 6.20 Å². The van der Waals surface area contributed by atoms with Crippen LogP contribution in [0.2, 0.25) is 0 Å². The standard InChI is InChI=1S/C18H15BrN2OS/c19-14-6-4-13(5-7-14)16-8-9-17(23-16)18(22)21-12-10-15-3-1-2-11-20-15/h1-9,11H,10,12H2,(H,21,22). The summed E-state index contributed by atoms with van der Waals surface area (Å²) in [6, 6.07) is 17.7. The van der Waals surface area contributed by atoms with E-state index < -0.39 is 0 Å². The predicted octanol–water partition coefficient (Wildman–Crippen LogP) is 4.55. The molecular weight excluding hydrogens is 372 g/mol. The first-order valence-electron chi connectivity index (χ1n) is 7.26. The number of rotatable bonds is 5. The van der Waals surface area contributed by atoms with Crippen molar-refractivity contribution in [3.05, 3.63) is 75.8 Å². The van der Waals surface area contributed by atoms with Gasteiger partial charge in [-0.1, -0.05) is 34.1 Å². The summed E-state index contributed by atoms with van der Waals surface area (Å²) in [4.78, 5) is 18.3.